The maximum absolute atomic E-state index is 13.8. The van der Waals surface area contributed by atoms with Crippen molar-refractivity contribution in [3.63, 3.8) is 0 Å². The molecule has 1 atom stereocenters. The van der Waals surface area contributed by atoms with Crippen LogP contribution in [0.4, 0.5) is 24.5 Å². The Hall–Kier alpha value is -4.15. The fourth-order valence-corrected chi connectivity index (χ4v) is 3.64. The van der Waals surface area contributed by atoms with Crippen LogP contribution in [0.3, 0.4) is 0 Å². The molecular weight excluding hydrogens is 443 g/mol. The lowest BCUT2D eigenvalue weighted by atomic mass is 10.1. The first-order valence-corrected chi connectivity index (χ1v) is 9.72. The van der Waals surface area contributed by atoms with Gasteiger partial charge in [-0.25, -0.2) is 4.79 Å². The van der Waals surface area contributed by atoms with Gasteiger partial charge in [0.25, 0.3) is 5.91 Å². The number of halogens is 3. The third-order valence-electron chi connectivity index (χ3n) is 5.07. The van der Waals surface area contributed by atoms with E-state index in [9.17, 15) is 32.3 Å². The lowest BCUT2D eigenvalue weighted by Crippen LogP contribution is -2.51. The van der Waals surface area contributed by atoms with E-state index in [-0.39, 0.29) is 16.9 Å². The van der Waals surface area contributed by atoms with Crippen LogP contribution in [0.5, 0.6) is 0 Å². The van der Waals surface area contributed by atoms with Crippen molar-refractivity contribution >= 4 is 40.1 Å². The molecule has 2 heterocycles. The minimum Gasteiger partial charge on any atom is -0.452 e. The Morgan fingerprint density at radius 2 is 1.76 bits per heavy atom. The molecule has 2 aromatic carbocycles. The summed E-state index contributed by atoms with van der Waals surface area (Å²) in [4.78, 5) is 52.3. The highest BCUT2D eigenvalue weighted by Gasteiger charge is 2.49. The predicted octanol–water partition coefficient (Wildman–Crippen LogP) is 2.99. The second-order valence-electron chi connectivity index (χ2n) is 7.26. The van der Waals surface area contributed by atoms with Gasteiger partial charge in [0.05, 0.1) is 23.4 Å². The Morgan fingerprint density at radius 1 is 1.06 bits per heavy atom. The number of hydrogen-bond acceptors (Lipinski definition) is 5. The first-order valence-electron chi connectivity index (χ1n) is 9.72. The van der Waals surface area contributed by atoms with Crippen molar-refractivity contribution < 1.29 is 32.3 Å². The summed E-state index contributed by atoms with van der Waals surface area (Å²) in [7, 11) is 0. The molecule has 0 bridgehead atoms. The zero-order chi connectivity index (χ0) is 23.8. The molecule has 0 saturated heterocycles. The monoisotopic (exact) mass is 459 g/mol. The molecule has 1 aliphatic rings. The molecule has 11 heteroatoms. The molecule has 0 aliphatic carbocycles. The molecule has 8 nitrogen and oxygen atoms in total. The Labute approximate surface area is 184 Å². The molecule has 0 spiro atoms. The summed E-state index contributed by atoms with van der Waals surface area (Å²) in [6, 6.07) is 10.4. The SMILES string of the molecule is O=C1CC(C(F)(F)F)N(C(=O)COC(=O)c2cc(=O)[nH]c3ccccc23)c2ccccc2N1. The number of anilines is 2. The number of carbonyl (C=O) groups excluding carboxylic acids is 3. The molecule has 33 heavy (non-hydrogen) atoms. The lowest BCUT2D eigenvalue weighted by Gasteiger charge is -2.31. The topological polar surface area (TPSA) is 109 Å². The van der Waals surface area contributed by atoms with Gasteiger partial charge in [-0.05, 0) is 18.2 Å². The number of fused-ring (bicyclic) bond motifs is 2. The first-order chi connectivity index (χ1) is 15.6. The van der Waals surface area contributed by atoms with Crippen LogP contribution in [-0.2, 0) is 14.3 Å². The molecule has 2 amide bonds. The number of benzene rings is 2. The molecule has 0 fully saturated rings. The molecule has 4 rings (SSSR count). The number of nitrogens with one attached hydrogen (secondary N) is 2. The summed E-state index contributed by atoms with van der Waals surface area (Å²) in [6.07, 6.45) is -5.94. The van der Waals surface area contributed by atoms with Gasteiger partial charge in [-0.1, -0.05) is 30.3 Å². The van der Waals surface area contributed by atoms with E-state index < -0.39 is 48.6 Å². The van der Waals surface area contributed by atoms with E-state index in [2.05, 4.69) is 10.3 Å². The Kier molecular flexibility index (Phi) is 5.62. The van der Waals surface area contributed by atoms with Crippen LogP contribution >= 0.6 is 0 Å². The number of nitrogens with zero attached hydrogens (tertiary/aromatic N) is 1. The van der Waals surface area contributed by atoms with Crippen molar-refractivity contribution in [3.8, 4) is 0 Å². The number of para-hydroxylation sites is 3. The summed E-state index contributed by atoms with van der Waals surface area (Å²) in [5.74, 6) is -3.14. The van der Waals surface area contributed by atoms with Gasteiger partial charge in [0.2, 0.25) is 11.5 Å². The summed E-state index contributed by atoms with van der Waals surface area (Å²) in [5, 5.41) is 2.69. The summed E-state index contributed by atoms with van der Waals surface area (Å²) < 4.78 is 46.3. The molecule has 3 aromatic rings. The normalized spacial score (nSPS) is 16.0. The van der Waals surface area contributed by atoms with E-state index in [0.717, 1.165) is 6.07 Å². The van der Waals surface area contributed by atoms with Crippen molar-refractivity contribution in [2.24, 2.45) is 0 Å². The van der Waals surface area contributed by atoms with Crippen molar-refractivity contribution in [1.82, 2.24) is 4.98 Å². The largest absolute Gasteiger partial charge is 0.452 e. The number of carbonyl (C=O) groups is 3. The second-order valence-corrected chi connectivity index (χ2v) is 7.26. The predicted molar refractivity (Wildman–Crippen MR) is 112 cm³/mol. The highest BCUT2D eigenvalue weighted by atomic mass is 19.4. The number of aromatic amines is 1. The van der Waals surface area contributed by atoms with Gasteiger partial charge in [0, 0.05) is 17.0 Å². The molecule has 1 aromatic heterocycles. The lowest BCUT2D eigenvalue weighted by molar-refractivity contribution is -0.158. The first kappa shape index (κ1) is 22.1. The zero-order valence-electron chi connectivity index (χ0n) is 16.8. The average molecular weight is 459 g/mol. The third kappa shape index (κ3) is 4.43. The van der Waals surface area contributed by atoms with Gasteiger partial charge in [0.1, 0.15) is 6.04 Å². The van der Waals surface area contributed by atoms with E-state index in [0.29, 0.717) is 15.8 Å². The van der Waals surface area contributed by atoms with E-state index in [1.165, 1.54) is 24.3 Å². The van der Waals surface area contributed by atoms with Crippen molar-refractivity contribution in [3.05, 3.63) is 70.5 Å². The van der Waals surface area contributed by atoms with Crippen LogP contribution < -0.4 is 15.8 Å². The molecule has 0 saturated carbocycles. The highest BCUT2D eigenvalue weighted by molar-refractivity contribution is 6.07. The number of H-pyrrole nitrogens is 1. The standard InChI is InChI=1S/C22H16F3N3O5/c23-22(24,25)17-10-19(30)27-15-7-3-4-8-16(15)28(17)20(31)11-33-21(32)13-9-18(29)26-14-6-2-1-5-12(13)14/h1-9,17H,10-11H2,(H,26,29)(H,27,30). The Balaban J connectivity index is 1.64. The molecule has 2 N–H and O–H groups in total. The van der Waals surface area contributed by atoms with E-state index in [1.54, 1.807) is 24.3 Å². The van der Waals surface area contributed by atoms with Crippen molar-refractivity contribution in [2.75, 3.05) is 16.8 Å². The minimum atomic E-state index is -4.92. The number of alkyl halides is 3. The smallest absolute Gasteiger partial charge is 0.409 e. The molecule has 1 aliphatic heterocycles. The summed E-state index contributed by atoms with van der Waals surface area (Å²) in [5.41, 5.74) is -0.521. The number of ether oxygens (including phenoxy) is 1. The van der Waals surface area contributed by atoms with Crippen LogP contribution in [0, 0.1) is 0 Å². The second kappa shape index (κ2) is 8.41. The van der Waals surface area contributed by atoms with E-state index in [4.69, 9.17) is 4.74 Å². The van der Waals surface area contributed by atoms with Crippen LogP contribution in [0.2, 0.25) is 0 Å². The number of amides is 2. The summed E-state index contributed by atoms with van der Waals surface area (Å²) >= 11 is 0. The highest BCUT2D eigenvalue weighted by Crippen LogP contribution is 2.37. The Bertz CT molecular complexity index is 1320. The molecule has 170 valence electrons. The van der Waals surface area contributed by atoms with Gasteiger partial charge < -0.3 is 15.0 Å². The zero-order valence-corrected chi connectivity index (χ0v) is 16.8. The number of hydrogen-bond donors (Lipinski definition) is 2. The van der Waals surface area contributed by atoms with Crippen molar-refractivity contribution in [1.29, 1.82) is 0 Å². The molecular formula is C22H16F3N3O5. The van der Waals surface area contributed by atoms with Gasteiger partial charge in [-0.15, -0.1) is 0 Å². The number of rotatable bonds is 3. The van der Waals surface area contributed by atoms with Gasteiger partial charge in [0.15, 0.2) is 6.61 Å². The fourth-order valence-electron chi connectivity index (χ4n) is 3.64. The quantitative estimate of drug-likeness (QED) is 0.586. The third-order valence-corrected chi connectivity index (χ3v) is 5.07. The van der Waals surface area contributed by atoms with Gasteiger partial charge in [-0.3, -0.25) is 19.3 Å². The Morgan fingerprint density at radius 3 is 2.52 bits per heavy atom. The van der Waals surface area contributed by atoms with Gasteiger partial charge in [-0.2, -0.15) is 13.2 Å². The van der Waals surface area contributed by atoms with E-state index >= 15 is 0 Å². The fraction of sp³-hybridized carbons (Fsp3) is 0.182. The van der Waals surface area contributed by atoms with Crippen LogP contribution in [0.1, 0.15) is 16.8 Å². The molecule has 1 unspecified atom stereocenters. The van der Waals surface area contributed by atoms with Crippen LogP contribution in [-0.4, -0.2) is 41.6 Å². The van der Waals surface area contributed by atoms with E-state index in [1.807, 2.05) is 0 Å². The minimum absolute atomic E-state index is 0.0227. The van der Waals surface area contributed by atoms with Crippen molar-refractivity contribution in [2.45, 2.75) is 18.6 Å². The van der Waals surface area contributed by atoms with Crippen LogP contribution in [0.15, 0.2) is 59.4 Å². The molecule has 0 radical (unpaired) electrons. The maximum atomic E-state index is 13.8. The van der Waals surface area contributed by atoms with Gasteiger partial charge >= 0.3 is 12.1 Å². The number of aromatic nitrogens is 1. The van der Waals surface area contributed by atoms with Crippen LogP contribution in [0.25, 0.3) is 10.9 Å². The number of esters is 1. The average Bonchev–Trinajstić information content (AvgIpc) is 2.92. The number of pyridine rings is 1. The summed E-state index contributed by atoms with van der Waals surface area (Å²) in [6.45, 7) is -1.03. The maximum Gasteiger partial charge on any atom is 0.409 e.